The lowest BCUT2D eigenvalue weighted by molar-refractivity contribution is -0.116. The predicted molar refractivity (Wildman–Crippen MR) is 118 cm³/mol. The molecule has 1 aromatic heterocycles. The van der Waals surface area contributed by atoms with E-state index in [1.165, 1.54) is 23.0 Å². The quantitative estimate of drug-likeness (QED) is 0.568. The Hall–Kier alpha value is -2.81. The minimum Gasteiger partial charge on any atom is -0.302 e. The van der Waals surface area contributed by atoms with Crippen LogP contribution in [-0.4, -0.2) is 25.9 Å². The molecule has 0 fully saturated rings. The fourth-order valence-corrected chi connectivity index (χ4v) is 4.01. The number of carbonyl (C=O) groups is 1. The number of aromatic nitrogens is 1. The Bertz CT molecular complexity index is 1090. The van der Waals surface area contributed by atoms with E-state index in [1.807, 2.05) is 54.8 Å². The summed E-state index contributed by atoms with van der Waals surface area (Å²) >= 11 is 1.33. The van der Waals surface area contributed by atoms with Gasteiger partial charge in [-0.05, 0) is 18.6 Å². The molecule has 0 saturated heterocycles. The molecule has 0 aliphatic heterocycles. The molecule has 0 aliphatic carbocycles. The van der Waals surface area contributed by atoms with E-state index in [1.54, 1.807) is 12.1 Å². The van der Waals surface area contributed by atoms with Crippen LogP contribution in [0, 0.1) is 6.92 Å². The maximum atomic E-state index is 12.1. The van der Waals surface area contributed by atoms with Crippen LogP contribution in [0.3, 0.4) is 0 Å². The third kappa shape index (κ3) is 6.63. The van der Waals surface area contributed by atoms with Crippen molar-refractivity contribution in [1.29, 1.82) is 0 Å². The zero-order chi connectivity index (χ0) is 20.7. The molecule has 0 atom stereocenters. The summed E-state index contributed by atoms with van der Waals surface area (Å²) in [6.45, 7) is 2.02. The van der Waals surface area contributed by atoms with Crippen LogP contribution >= 0.6 is 11.3 Å². The number of rotatable bonds is 8. The minimum absolute atomic E-state index is 0.00346. The van der Waals surface area contributed by atoms with Gasteiger partial charge in [0.2, 0.25) is 15.9 Å². The third-order valence-electron chi connectivity index (χ3n) is 3.99. The number of hydrogen-bond donors (Lipinski definition) is 2. The molecular weight excluding hydrogens is 406 g/mol. The largest absolute Gasteiger partial charge is 0.302 e. The molecule has 1 heterocycles. The first kappa shape index (κ1) is 20.9. The number of nitrogens with one attached hydrogen (secondary N) is 2. The molecule has 0 spiro atoms. The standard InChI is InChI=1S/C21H21N3O3S2/c1-16-7-9-18(10-8-16)19-15-28-21(23-19)24-20(25)11-13-22-29(26,27)14-12-17-5-3-2-4-6-17/h2-10,12,14-15,22H,11,13H2,1H3,(H,23,24,25)/b14-12+. The van der Waals surface area contributed by atoms with Crippen molar-refractivity contribution in [2.24, 2.45) is 0 Å². The zero-order valence-electron chi connectivity index (χ0n) is 15.8. The lowest BCUT2D eigenvalue weighted by Gasteiger charge is -2.03. The Morgan fingerprint density at radius 2 is 1.83 bits per heavy atom. The summed E-state index contributed by atoms with van der Waals surface area (Å²) in [7, 11) is -3.61. The van der Waals surface area contributed by atoms with Gasteiger partial charge in [-0.15, -0.1) is 11.3 Å². The minimum atomic E-state index is -3.61. The number of aryl methyl sites for hydroxylation is 1. The Kier molecular flexibility index (Phi) is 6.92. The SMILES string of the molecule is Cc1ccc(-c2csc(NC(=O)CCNS(=O)(=O)/C=C/c3ccccc3)n2)cc1. The van der Waals surface area contributed by atoms with Crippen LogP contribution in [0.2, 0.25) is 0 Å². The second kappa shape index (κ2) is 9.60. The molecule has 3 aromatic rings. The zero-order valence-corrected chi connectivity index (χ0v) is 17.5. The second-order valence-electron chi connectivity index (χ2n) is 6.35. The lowest BCUT2D eigenvalue weighted by atomic mass is 10.1. The summed E-state index contributed by atoms with van der Waals surface area (Å²) in [5.74, 6) is -0.301. The molecule has 29 heavy (non-hydrogen) atoms. The van der Waals surface area contributed by atoms with Gasteiger partial charge < -0.3 is 5.32 Å². The fourth-order valence-electron chi connectivity index (χ4n) is 2.46. The highest BCUT2D eigenvalue weighted by atomic mass is 32.2. The van der Waals surface area contributed by atoms with Gasteiger partial charge in [-0.3, -0.25) is 4.79 Å². The number of benzene rings is 2. The molecule has 0 bridgehead atoms. The van der Waals surface area contributed by atoms with Crippen LogP contribution < -0.4 is 10.0 Å². The van der Waals surface area contributed by atoms with Crippen molar-refractivity contribution in [3.63, 3.8) is 0 Å². The Morgan fingerprint density at radius 3 is 2.55 bits per heavy atom. The van der Waals surface area contributed by atoms with Crippen LogP contribution in [0.1, 0.15) is 17.5 Å². The summed E-state index contributed by atoms with van der Waals surface area (Å²) in [6, 6.07) is 17.1. The van der Waals surface area contributed by atoms with Crippen molar-refractivity contribution in [3.8, 4) is 11.3 Å². The molecule has 0 radical (unpaired) electrons. The fraction of sp³-hybridized carbons (Fsp3) is 0.143. The highest BCUT2D eigenvalue weighted by Gasteiger charge is 2.10. The van der Waals surface area contributed by atoms with Gasteiger partial charge in [0.15, 0.2) is 5.13 Å². The maximum absolute atomic E-state index is 12.1. The summed E-state index contributed by atoms with van der Waals surface area (Å²) in [4.78, 5) is 16.5. The first-order chi connectivity index (χ1) is 13.9. The second-order valence-corrected chi connectivity index (χ2v) is 8.86. The van der Waals surface area contributed by atoms with Gasteiger partial charge in [-0.1, -0.05) is 60.2 Å². The summed E-state index contributed by atoms with van der Waals surface area (Å²) in [5.41, 5.74) is 3.71. The summed E-state index contributed by atoms with van der Waals surface area (Å²) in [6.07, 6.45) is 1.52. The molecule has 3 rings (SSSR count). The molecular formula is C21H21N3O3S2. The van der Waals surface area contributed by atoms with Crippen LogP contribution in [-0.2, 0) is 14.8 Å². The lowest BCUT2D eigenvalue weighted by Crippen LogP contribution is -2.26. The highest BCUT2D eigenvalue weighted by molar-refractivity contribution is 7.92. The number of sulfonamides is 1. The van der Waals surface area contributed by atoms with Gasteiger partial charge in [0.1, 0.15) is 0 Å². The molecule has 8 heteroatoms. The third-order valence-corrected chi connectivity index (χ3v) is 5.85. The number of thiazole rings is 1. The van der Waals surface area contributed by atoms with Crippen molar-refractivity contribution < 1.29 is 13.2 Å². The van der Waals surface area contributed by atoms with E-state index in [0.29, 0.717) is 5.13 Å². The van der Waals surface area contributed by atoms with E-state index >= 15 is 0 Å². The first-order valence-electron chi connectivity index (χ1n) is 8.96. The molecule has 0 unspecified atom stereocenters. The van der Waals surface area contributed by atoms with Gasteiger partial charge in [-0.2, -0.15) is 0 Å². The molecule has 0 saturated carbocycles. The Labute approximate surface area is 174 Å². The van der Waals surface area contributed by atoms with E-state index in [-0.39, 0.29) is 18.9 Å². The van der Waals surface area contributed by atoms with Gasteiger partial charge in [0.05, 0.1) is 5.69 Å². The Morgan fingerprint density at radius 1 is 1.10 bits per heavy atom. The molecule has 2 N–H and O–H groups in total. The van der Waals surface area contributed by atoms with E-state index in [9.17, 15) is 13.2 Å². The molecule has 150 valence electrons. The topological polar surface area (TPSA) is 88.2 Å². The molecule has 2 aromatic carbocycles. The van der Waals surface area contributed by atoms with Gasteiger partial charge >= 0.3 is 0 Å². The maximum Gasteiger partial charge on any atom is 0.233 e. The van der Waals surface area contributed by atoms with Gasteiger partial charge in [-0.25, -0.2) is 18.1 Å². The van der Waals surface area contributed by atoms with E-state index in [4.69, 9.17) is 0 Å². The van der Waals surface area contributed by atoms with Crippen molar-refractivity contribution >= 4 is 38.5 Å². The van der Waals surface area contributed by atoms with Crippen molar-refractivity contribution in [1.82, 2.24) is 9.71 Å². The van der Waals surface area contributed by atoms with Crippen LogP contribution in [0.4, 0.5) is 5.13 Å². The van der Waals surface area contributed by atoms with E-state index < -0.39 is 10.0 Å². The van der Waals surface area contributed by atoms with Gasteiger partial charge in [0, 0.05) is 29.3 Å². The monoisotopic (exact) mass is 427 g/mol. The number of amides is 1. The first-order valence-corrected chi connectivity index (χ1v) is 11.4. The number of hydrogen-bond acceptors (Lipinski definition) is 5. The molecule has 0 aliphatic rings. The molecule has 6 nitrogen and oxygen atoms in total. The molecule has 1 amide bonds. The van der Waals surface area contributed by atoms with Gasteiger partial charge in [0.25, 0.3) is 0 Å². The van der Waals surface area contributed by atoms with Crippen LogP contribution in [0.25, 0.3) is 17.3 Å². The van der Waals surface area contributed by atoms with Crippen LogP contribution in [0.5, 0.6) is 0 Å². The number of carbonyl (C=O) groups excluding carboxylic acids is 1. The summed E-state index contributed by atoms with van der Waals surface area (Å²) in [5, 5.41) is 6.15. The predicted octanol–water partition coefficient (Wildman–Crippen LogP) is 4.04. The van der Waals surface area contributed by atoms with Crippen molar-refractivity contribution in [2.75, 3.05) is 11.9 Å². The average molecular weight is 428 g/mol. The number of nitrogens with zero attached hydrogens (tertiary/aromatic N) is 1. The normalized spacial score (nSPS) is 11.6. The Balaban J connectivity index is 1.47. The summed E-state index contributed by atoms with van der Waals surface area (Å²) < 4.78 is 26.4. The number of anilines is 1. The van der Waals surface area contributed by atoms with E-state index in [0.717, 1.165) is 22.2 Å². The highest BCUT2D eigenvalue weighted by Crippen LogP contribution is 2.25. The van der Waals surface area contributed by atoms with Crippen molar-refractivity contribution in [3.05, 3.63) is 76.5 Å². The average Bonchev–Trinajstić information content (AvgIpc) is 3.16. The van der Waals surface area contributed by atoms with Crippen LogP contribution in [0.15, 0.2) is 65.4 Å². The van der Waals surface area contributed by atoms with E-state index in [2.05, 4.69) is 15.0 Å². The smallest absolute Gasteiger partial charge is 0.233 e. The van der Waals surface area contributed by atoms with Crippen molar-refractivity contribution in [2.45, 2.75) is 13.3 Å².